The number of esters is 1. The van der Waals surface area contributed by atoms with E-state index in [0.29, 0.717) is 17.5 Å². The first-order chi connectivity index (χ1) is 9.70. The number of hydrogen-bond donors (Lipinski definition) is 1. The van der Waals surface area contributed by atoms with Gasteiger partial charge < -0.3 is 9.84 Å². The second-order valence-corrected chi connectivity index (χ2v) is 5.15. The van der Waals surface area contributed by atoms with Gasteiger partial charge in [-0.2, -0.15) is 0 Å². The summed E-state index contributed by atoms with van der Waals surface area (Å²) in [5.74, 6) is -0.386. The topological polar surface area (TPSA) is 46.5 Å². The minimum Gasteiger partial charge on any atom is -0.465 e. The smallest absolute Gasteiger partial charge is 0.338 e. The summed E-state index contributed by atoms with van der Waals surface area (Å²) in [6, 6.07) is 7.12. The molecule has 1 unspecified atom stereocenters. The fourth-order valence-corrected chi connectivity index (χ4v) is 2.36. The van der Waals surface area contributed by atoms with Gasteiger partial charge in [0, 0.05) is 0 Å². The molecule has 0 aromatic heterocycles. The van der Waals surface area contributed by atoms with E-state index in [1.54, 1.807) is 18.2 Å². The molecule has 1 N–H and O–H groups in total. The summed E-state index contributed by atoms with van der Waals surface area (Å²) in [5.41, 5.74) is 1.14. The van der Waals surface area contributed by atoms with Gasteiger partial charge in [-0.05, 0) is 18.1 Å². The lowest BCUT2D eigenvalue weighted by atomic mass is 9.97. The number of methoxy groups -OCH3 is 1. The van der Waals surface area contributed by atoms with Crippen LogP contribution in [0.25, 0.3) is 0 Å². The number of aliphatic hydroxyl groups excluding tert-OH is 1. The number of rotatable bonds is 9. The van der Waals surface area contributed by atoms with Gasteiger partial charge in [0.05, 0.1) is 18.8 Å². The Morgan fingerprint density at radius 1 is 1.15 bits per heavy atom. The lowest BCUT2D eigenvalue weighted by molar-refractivity contribution is 0.0592. The highest BCUT2D eigenvalue weighted by molar-refractivity contribution is 5.91. The van der Waals surface area contributed by atoms with Crippen molar-refractivity contribution in [3.63, 3.8) is 0 Å². The molecule has 3 nitrogen and oxygen atoms in total. The molecule has 0 saturated carbocycles. The van der Waals surface area contributed by atoms with E-state index in [-0.39, 0.29) is 5.97 Å². The van der Waals surface area contributed by atoms with E-state index >= 15 is 0 Å². The Morgan fingerprint density at radius 3 is 2.50 bits per heavy atom. The molecule has 0 heterocycles. The van der Waals surface area contributed by atoms with Crippen LogP contribution < -0.4 is 0 Å². The first kappa shape index (κ1) is 16.7. The molecule has 0 radical (unpaired) electrons. The number of ether oxygens (including phenoxy) is 1. The number of carbonyl (C=O) groups excluding carboxylic acids is 1. The van der Waals surface area contributed by atoms with E-state index in [4.69, 9.17) is 4.74 Å². The molecule has 0 spiro atoms. The molecule has 20 heavy (non-hydrogen) atoms. The highest BCUT2D eigenvalue weighted by atomic mass is 16.5. The van der Waals surface area contributed by atoms with Crippen molar-refractivity contribution in [3.8, 4) is 0 Å². The van der Waals surface area contributed by atoms with Gasteiger partial charge in [-0.15, -0.1) is 0 Å². The zero-order chi connectivity index (χ0) is 14.8. The van der Waals surface area contributed by atoms with Gasteiger partial charge >= 0.3 is 5.97 Å². The van der Waals surface area contributed by atoms with Crippen molar-refractivity contribution in [1.29, 1.82) is 0 Å². The number of carbonyl (C=O) groups is 1. The Kier molecular flexibility index (Phi) is 7.97. The third-order valence-electron chi connectivity index (χ3n) is 3.56. The van der Waals surface area contributed by atoms with Crippen LogP contribution in [0.5, 0.6) is 0 Å². The van der Waals surface area contributed by atoms with Gasteiger partial charge in [-0.25, -0.2) is 4.79 Å². The molecule has 0 amide bonds. The second kappa shape index (κ2) is 9.54. The van der Waals surface area contributed by atoms with Crippen molar-refractivity contribution in [3.05, 3.63) is 35.4 Å². The van der Waals surface area contributed by atoms with Gasteiger partial charge in [0.2, 0.25) is 0 Å². The van der Waals surface area contributed by atoms with Gasteiger partial charge in [-0.1, -0.05) is 63.6 Å². The molecule has 0 aliphatic rings. The van der Waals surface area contributed by atoms with Crippen LogP contribution in [0.4, 0.5) is 0 Å². The summed E-state index contributed by atoms with van der Waals surface area (Å²) in [4.78, 5) is 11.7. The summed E-state index contributed by atoms with van der Waals surface area (Å²) < 4.78 is 4.75. The predicted molar refractivity (Wildman–Crippen MR) is 80.7 cm³/mol. The van der Waals surface area contributed by atoms with Crippen LogP contribution >= 0.6 is 0 Å². The minimum atomic E-state index is -0.587. The first-order valence-electron chi connectivity index (χ1n) is 7.56. The molecule has 0 saturated heterocycles. The molecular formula is C17H26O3. The number of unbranched alkanes of at least 4 members (excludes halogenated alkanes) is 5. The average molecular weight is 278 g/mol. The highest BCUT2D eigenvalue weighted by Crippen LogP contribution is 2.24. The zero-order valence-corrected chi connectivity index (χ0v) is 12.6. The van der Waals surface area contributed by atoms with E-state index in [0.717, 1.165) is 12.8 Å². The molecule has 3 heteroatoms. The van der Waals surface area contributed by atoms with Crippen molar-refractivity contribution in [2.24, 2.45) is 0 Å². The average Bonchev–Trinajstić information content (AvgIpc) is 2.49. The van der Waals surface area contributed by atoms with Crippen molar-refractivity contribution >= 4 is 5.97 Å². The summed E-state index contributed by atoms with van der Waals surface area (Å²) >= 11 is 0. The van der Waals surface area contributed by atoms with E-state index in [1.807, 2.05) is 6.07 Å². The van der Waals surface area contributed by atoms with Crippen LogP contribution in [0.1, 0.15) is 73.9 Å². The molecule has 1 atom stereocenters. The van der Waals surface area contributed by atoms with E-state index in [9.17, 15) is 9.90 Å². The highest BCUT2D eigenvalue weighted by Gasteiger charge is 2.16. The molecular weight excluding hydrogens is 252 g/mol. The predicted octanol–water partition coefficient (Wildman–Crippen LogP) is 4.26. The Morgan fingerprint density at radius 2 is 1.80 bits per heavy atom. The van der Waals surface area contributed by atoms with Gasteiger partial charge in [0.25, 0.3) is 0 Å². The van der Waals surface area contributed by atoms with Gasteiger partial charge in [0.1, 0.15) is 0 Å². The molecule has 0 aliphatic heterocycles. The zero-order valence-electron chi connectivity index (χ0n) is 12.6. The molecule has 112 valence electrons. The van der Waals surface area contributed by atoms with Crippen molar-refractivity contribution in [1.82, 2.24) is 0 Å². The third kappa shape index (κ3) is 5.33. The quantitative estimate of drug-likeness (QED) is 0.542. The van der Waals surface area contributed by atoms with Crippen LogP contribution in [-0.4, -0.2) is 18.2 Å². The van der Waals surface area contributed by atoms with Crippen molar-refractivity contribution < 1.29 is 14.6 Å². The Labute approximate surface area is 122 Å². The largest absolute Gasteiger partial charge is 0.465 e. The van der Waals surface area contributed by atoms with Crippen molar-refractivity contribution in [2.75, 3.05) is 7.11 Å². The Balaban J connectivity index is 2.47. The standard InChI is InChI=1S/C17H26O3/c1-3-4-5-6-7-8-13-16(18)14-11-9-10-12-15(14)17(19)20-2/h9-12,16,18H,3-8,13H2,1-2H3. The van der Waals surface area contributed by atoms with E-state index < -0.39 is 6.10 Å². The van der Waals surface area contributed by atoms with Crippen molar-refractivity contribution in [2.45, 2.75) is 58.0 Å². The van der Waals surface area contributed by atoms with E-state index in [2.05, 4.69) is 6.92 Å². The maximum atomic E-state index is 11.7. The van der Waals surface area contributed by atoms with Crippen LogP contribution in [0.3, 0.4) is 0 Å². The summed E-state index contributed by atoms with van der Waals surface area (Å²) in [7, 11) is 1.36. The second-order valence-electron chi connectivity index (χ2n) is 5.15. The normalized spacial score (nSPS) is 12.2. The van der Waals surface area contributed by atoms with Crippen LogP contribution in [0.15, 0.2) is 24.3 Å². The van der Waals surface area contributed by atoms with Gasteiger partial charge in [-0.3, -0.25) is 0 Å². The third-order valence-corrected chi connectivity index (χ3v) is 3.56. The molecule has 0 bridgehead atoms. The Hall–Kier alpha value is -1.35. The fourth-order valence-electron chi connectivity index (χ4n) is 2.36. The van der Waals surface area contributed by atoms with Crippen LogP contribution in [0, 0.1) is 0 Å². The van der Waals surface area contributed by atoms with Crippen LogP contribution in [0.2, 0.25) is 0 Å². The maximum absolute atomic E-state index is 11.7. The lowest BCUT2D eigenvalue weighted by Gasteiger charge is -2.14. The van der Waals surface area contributed by atoms with E-state index in [1.165, 1.54) is 32.8 Å². The fraction of sp³-hybridized carbons (Fsp3) is 0.588. The molecule has 0 fully saturated rings. The molecule has 1 rings (SSSR count). The summed E-state index contributed by atoms with van der Waals surface area (Å²) in [6.07, 6.45) is 7.25. The maximum Gasteiger partial charge on any atom is 0.338 e. The first-order valence-corrected chi connectivity index (χ1v) is 7.56. The lowest BCUT2D eigenvalue weighted by Crippen LogP contribution is -2.09. The monoisotopic (exact) mass is 278 g/mol. The number of aliphatic hydroxyl groups is 1. The molecule has 1 aromatic carbocycles. The SMILES string of the molecule is CCCCCCCCC(O)c1ccccc1C(=O)OC. The number of benzene rings is 1. The summed E-state index contributed by atoms with van der Waals surface area (Å²) in [5, 5.41) is 10.2. The van der Waals surface area contributed by atoms with Gasteiger partial charge in [0.15, 0.2) is 0 Å². The Bertz CT molecular complexity index is 401. The summed E-state index contributed by atoms with van der Waals surface area (Å²) in [6.45, 7) is 2.20. The van der Waals surface area contributed by atoms with Crippen LogP contribution in [-0.2, 0) is 4.74 Å². The molecule has 0 aliphatic carbocycles. The molecule has 1 aromatic rings. The number of hydrogen-bond acceptors (Lipinski definition) is 3. The minimum absolute atomic E-state index is 0.386.